The third kappa shape index (κ3) is 1.99. The predicted molar refractivity (Wildman–Crippen MR) is 75.7 cm³/mol. The van der Waals surface area contributed by atoms with Gasteiger partial charge in [-0.15, -0.1) is 0 Å². The predicted octanol–water partition coefficient (Wildman–Crippen LogP) is 1.92. The van der Waals surface area contributed by atoms with Crippen LogP contribution in [-0.2, 0) is 14.3 Å². The van der Waals surface area contributed by atoms with Crippen molar-refractivity contribution < 1.29 is 19.1 Å². The molecule has 1 amide bonds. The van der Waals surface area contributed by atoms with Crippen molar-refractivity contribution in [2.75, 3.05) is 13.7 Å². The largest absolute Gasteiger partial charge is 0.468 e. The Bertz CT molecular complexity index is 600. The fraction of sp³-hybridized carbons (Fsp3) is 0.500. The van der Waals surface area contributed by atoms with Crippen molar-refractivity contribution in [3.63, 3.8) is 0 Å². The third-order valence-electron chi connectivity index (χ3n) is 4.50. The molecule has 21 heavy (non-hydrogen) atoms. The Balaban J connectivity index is 2.09. The fourth-order valence-electron chi connectivity index (χ4n) is 3.29. The summed E-state index contributed by atoms with van der Waals surface area (Å²) in [5.74, 6) is -0.916. The van der Waals surface area contributed by atoms with E-state index in [9.17, 15) is 9.59 Å². The Hall–Kier alpha value is -2.04. The van der Waals surface area contributed by atoms with Gasteiger partial charge < -0.3 is 14.4 Å². The van der Waals surface area contributed by atoms with Crippen LogP contribution in [0.3, 0.4) is 0 Å². The highest BCUT2D eigenvalue weighted by Crippen LogP contribution is 2.49. The number of nitrogens with zero attached hydrogens (tertiary/aromatic N) is 1. The van der Waals surface area contributed by atoms with Crippen molar-refractivity contribution in [2.24, 2.45) is 5.92 Å². The molecule has 5 nitrogen and oxygen atoms in total. The topological polar surface area (TPSA) is 55.8 Å². The van der Waals surface area contributed by atoms with Gasteiger partial charge in [-0.05, 0) is 25.5 Å². The minimum Gasteiger partial charge on any atom is -0.468 e. The van der Waals surface area contributed by atoms with E-state index < -0.39 is 17.6 Å². The number of ether oxygens (including phenoxy) is 2. The summed E-state index contributed by atoms with van der Waals surface area (Å²) < 4.78 is 11.1. The maximum absolute atomic E-state index is 12.6. The van der Waals surface area contributed by atoms with Gasteiger partial charge in [0.1, 0.15) is 11.7 Å². The lowest BCUT2D eigenvalue weighted by Gasteiger charge is -2.51. The minimum absolute atomic E-state index is 0.192. The Kier molecular flexibility index (Phi) is 3.15. The van der Waals surface area contributed by atoms with Gasteiger partial charge in [-0.25, -0.2) is 0 Å². The minimum atomic E-state index is -0.784. The molecule has 0 saturated carbocycles. The number of carbonyl (C=O) groups excluding carboxylic acids is 2. The summed E-state index contributed by atoms with van der Waals surface area (Å²) in [6.45, 7) is 3.90. The number of hydrogen-bond donors (Lipinski definition) is 0. The molecule has 2 bridgehead atoms. The SMILES string of the molecule is CCOC(=O)[C@H]1C(=O)N(C)[C@]2(C)C[C@H]1c1ccccc1O2. The molecule has 0 N–H and O–H groups in total. The number of likely N-dealkylation sites (tertiary alicyclic amines) is 1. The highest BCUT2D eigenvalue weighted by molar-refractivity contribution is 6.00. The second kappa shape index (κ2) is 4.76. The number of para-hydroxylation sites is 1. The number of piperidine rings is 1. The summed E-state index contributed by atoms with van der Waals surface area (Å²) >= 11 is 0. The van der Waals surface area contributed by atoms with Gasteiger partial charge in [0.15, 0.2) is 5.72 Å². The summed E-state index contributed by atoms with van der Waals surface area (Å²) in [5, 5.41) is 0. The molecule has 0 aromatic heterocycles. The molecule has 2 aliphatic heterocycles. The van der Waals surface area contributed by atoms with Crippen LogP contribution in [0.2, 0.25) is 0 Å². The van der Waals surface area contributed by atoms with Crippen molar-refractivity contribution in [1.29, 1.82) is 0 Å². The molecule has 0 radical (unpaired) electrons. The average molecular weight is 289 g/mol. The van der Waals surface area contributed by atoms with Crippen LogP contribution in [0.15, 0.2) is 24.3 Å². The molecule has 1 saturated heterocycles. The molecule has 1 aromatic rings. The van der Waals surface area contributed by atoms with Crippen molar-refractivity contribution in [1.82, 2.24) is 4.90 Å². The maximum atomic E-state index is 12.6. The lowest BCUT2D eigenvalue weighted by Crippen LogP contribution is -2.62. The van der Waals surface area contributed by atoms with Crippen molar-refractivity contribution in [3.05, 3.63) is 29.8 Å². The summed E-state index contributed by atoms with van der Waals surface area (Å²) in [7, 11) is 1.68. The van der Waals surface area contributed by atoms with Crippen LogP contribution in [0.25, 0.3) is 0 Å². The van der Waals surface area contributed by atoms with E-state index >= 15 is 0 Å². The number of esters is 1. The molecule has 1 fully saturated rings. The van der Waals surface area contributed by atoms with E-state index in [-0.39, 0.29) is 18.4 Å². The monoisotopic (exact) mass is 289 g/mol. The second-order valence-corrected chi connectivity index (χ2v) is 5.75. The van der Waals surface area contributed by atoms with Gasteiger partial charge in [0.2, 0.25) is 5.91 Å². The average Bonchev–Trinajstić information content (AvgIpc) is 2.45. The van der Waals surface area contributed by atoms with E-state index in [0.29, 0.717) is 6.42 Å². The Morgan fingerprint density at radius 3 is 2.90 bits per heavy atom. The lowest BCUT2D eigenvalue weighted by atomic mass is 9.74. The van der Waals surface area contributed by atoms with Crippen LogP contribution >= 0.6 is 0 Å². The molecular weight excluding hydrogens is 270 g/mol. The van der Waals surface area contributed by atoms with Crippen LogP contribution in [0.5, 0.6) is 5.75 Å². The normalized spacial score (nSPS) is 30.4. The number of hydrogen-bond acceptors (Lipinski definition) is 4. The molecule has 112 valence electrons. The Morgan fingerprint density at radius 2 is 2.19 bits per heavy atom. The van der Waals surface area contributed by atoms with E-state index in [1.807, 2.05) is 31.2 Å². The van der Waals surface area contributed by atoms with Gasteiger partial charge in [-0.3, -0.25) is 9.59 Å². The maximum Gasteiger partial charge on any atom is 0.319 e. The first-order valence-electron chi connectivity index (χ1n) is 7.20. The van der Waals surface area contributed by atoms with E-state index in [1.54, 1.807) is 14.0 Å². The van der Waals surface area contributed by atoms with Crippen molar-refractivity contribution in [3.8, 4) is 5.75 Å². The van der Waals surface area contributed by atoms with Gasteiger partial charge in [-0.1, -0.05) is 18.2 Å². The summed E-state index contributed by atoms with van der Waals surface area (Å²) in [4.78, 5) is 26.4. The Labute approximate surface area is 123 Å². The first kappa shape index (κ1) is 13.9. The highest BCUT2D eigenvalue weighted by atomic mass is 16.5. The van der Waals surface area contributed by atoms with Crippen LogP contribution in [0, 0.1) is 5.92 Å². The fourth-order valence-corrected chi connectivity index (χ4v) is 3.29. The molecule has 0 spiro atoms. The zero-order chi connectivity index (χ0) is 15.2. The van der Waals surface area contributed by atoms with Gasteiger partial charge >= 0.3 is 5.97 Å². The van der Waals surface area contributed by atoms with Gasteiger partial charge in [0.25, 0.3) is 0 Å². The van der Waals surface area contributed by atoms with E-state index in [4.69, 9.17) is 9.47 Å². The summed E-state index contributed by atoms with van der Waals surface area (Å²) in [5.41, 5.74) is 0.202. The van der Waals surface area contributed by atoms with Gasteiger partial charge in [-0.2, -0.15) is 0 Å². The summed E-state index contributed by atoms with van der Waals surface area (Å²) in [6.07, 6.45) is 0.593. The smallest absolute Gasteiger partial charge is 0.319 e. The third-order valence-corrected chi connectivity index (χ3v) is 4.50. The molecule has 2 heterocycles. The van der Waals surface area contributed by atoms with Gasteiger partial charge in [0, 0.05) is 19.4 Å². The van der Waals surface area contributed by atoms with Crippen LogP contribution in [0.1, 0.15) is 31.7 Å². The Morgan fingerprint density at radius 1 is 1.48 bits per heavy atom. The van der Waals surface area contributed by atoms with Gasteiger partial charge in [0.05, 0.1) is 6.61 Å². The standard InChI is InChI=1S/C16H19NO4/c1-4-20-15(19)13-11-9-16(2,17(3)14(13)18)21-12-8-6-5-7-10(11)12/h5-8,11,13H,4,9H2,1-3H3/t11-,13+,16-/m0/s1. The molecule has 3 rings (SSSR count). The molecule has 5 heteroatoms. The molecule has 2 aliphatic rings. The van der Waals surface area contributed by atoms with Crippen molar-refractivity contribution in [2.45, 2.75) is 31.9 Å². The number of carbonyl (C=O) groups is 2. The zero-order valence-corrected chi connectivity index (χ0v) is 12.5. The molecule has 0 unspecified atom stereocenters. The molecule has 0 aliphatic carbocycles. The summed E-state index contributed by atoms with van der Waals surface area (Å²) in [6, 6.07) is 7.59. The van der Waals surface area contributed by atoms with Crippen LogP contribution < -0.4 is 4.74 Å². The first-order chi connectivity index (χ1) is 9.98. The van der Waals surface area contributed by atoms with E-state index in [0.717, 1.165) is 11.3 Å². The molecular formula is C16H19NO4. The first-order valence-corrected chi connectivity index (χ1v) is 7.20. The molecule has 1 aromatic carbocycles. The van der Waals surface area contributed by atoms with E-state index in [1.165, 1.54) is 4.90 Å². The number of fused-ring (bicyclic) bond motifs is 4. The lowest BCUT2D eigenvalue weighted by molar-refractivity contribution is -0.178. The number of amides is 1. The van der Waals surface area contributed by atoms with Crippen LogP contribution in [-0.4, -0.2) is 36.2 Å². The van der Waals surface area contributed by atoms with Crippen molar-refractivity contribution >= 4 is 11.9 Å². The second-order valence-electron chi connectivity index (χ2n) is 5.75. The van der Waals surface area contributed by atoms with E-state index in [2.05, 4.69) is 0 Å². The zero-order valence-electron chi connectivity index (χ0n) is 12.5. The number of rotatable bonds is 2. The van der Waals surface area contributed by atoms with Crippen LogP contribution in [0.4, 0.5) is 0 Å². The highest BCUT2D eigenvalue weighted by Gasteiger charge is 2.55. The number of benzene rings is 1. The quantitative estimate of drug-likeness (QED) is 0.616. The molecule has 3 atom stereocenters.